The first kappa shape index (κ1) is 22.3. The summed E-state index contributed by atoms with van der Waals surface area (Å²) in [6.45, 7) is 4.25. The number of ether oxygens (including phenoxy) is 1. The number of amides is 1. The molecule has 1 aliphatic heterocycles. The molecule has 162 valence electrons. The van der Waals surface area contributed by atoms with E-state index in [0.29, 0.717) is 30.3 Å². The fourth-order valence-corrected chi connectivity index (χ4v) is 5.62. The van der Waals surface area contributed by atoms with E-state index in [4.69, 9.17) is 4.74 Å². The molecule has 0 atom stereocenters. The number of hydrogen-bond donors (Lipinski definition) is 1. The molecular weight excluding hydrogens is 400 g/mol. The van der Waals surface area contributed by atoms with Gasteiger partial charge in [-0.15, -0.1) is 0 Å². The average Bonchev–Trinajstić information content (AvgIpc) is 2.74. The fourth-order valence-electron chi connectivity index (χ4n) is 3.90. The van der Waals surface area contributed by atoms with Gasteiger partial charge in [0.1, 0.15) is 5.75 Å². The highest BCUT2D eigenvalue weighted by Gasteiger charge is 2.30. The summed E-state index contributed by atoms with van der Waals surface area (Å²) in [5.74, 6) is 1.15. The first-order valence-electron chi connectivity index (χ1n) is 10.3. The largest absolute Gasteiger partial charge is 0.497 e. The van der Waals surface area contributed by atoms with Crippen LogP contribution in [0, 0.1) is 12.8 Å². The number of sulfonamides is 1. The number of carbonyl (C=O) groups excluding carboxylic acids is 1. The van der Waals surface area contributed by atoms with E-state index in [1.807, 2.05) is 12.1 Å². The third-order valence-corrected chi connectivity index (χ3v) is 7.74. The minimum atomic E-state index is -3.58. The van der Waals surface area contributed by atoms with Crippen LogP contribution in [0.1, 0.15) is 37.3 Å². The van der Waals surface area contributed by atoms with Crippen molar-refractivity contribution in [2.75, 3.05) is 25.5 Å². The maximum atomic E-state index is 13.2. The van der Waals surface area contributed by atoms with Crippen molar-refractivity contribution in [2.24, 2.45) is 5.92 Å². The monoisotopic (exact) mass is 430 g/mol. The van der Waals surface area contributed by atoms with Crippen LogP contribution in [0.5, 0.6) is 5.75 Å². The minimum Gasteiger partial charge on any atom is -0.497 e. The van der Waals surface area contributed by atoms with Gasteiger partial charge in [0.05, 0.1) is 12.0 Å². The van der Waals surface area contributed by atoms with E-state index in [1.165, 1.54) is 12.5 Å². The predicted molar refractivity (Wildman–Crippen MR) is 118 cm³/mol. The zero-order valence-corrected chi connectivity index (χ0v) is 18.7. The van der Waals surface area contributed by atoms with Crippen LogP contribution in [0.2, 0.25) is 0 Å². The third kappa shape index (κ3) is 5.40. The van der Waals surface area contributed by atoms with Crippen molar-refractivity contribution in [3.05, 3.63) is 53.6 Å². The van der Waals surface area contributed by atoms with Crippen molar-refractivity contribution >= 4 is 21.6 Å². The Bertz CT molecular complexity index is 979. The van der Waals surface area contributed by atoms with Gasteiger partial charge < -0.3 is 10.1 Å². The summed E-state index contributed by atoms with van der Waals surface area (Å²) in [7, 11) is -1.92. The molecule has 0 unspecified atom stereocenters. The van der Waals surface area contributed by atoms with Crippen LogP contribution in [0.25, 0.3) is 0 Å². The molecule has 0 aliphatic carbocycles. The van der Waals surface area contributed by atoms with Crippen LogP contribution < -0.4 is 10.1 Å². The summed E-state index contributed by atoms with van der Waals surface area (Å²) in [4.78, 5) is 11.6. The molecule has 6 nitrogen and oxygen atoms in total. The zero-order valence-electron chi connectivity index (χ0n) is 17.8. The topological polar surface area (TPSA) is 75.7 Å². The number of hydrogen-bond acceptors (Lipinski definition) is 4. The molecule has 30 heavy (non-hydrogen) atoms. The van der Waals surface area contributed by atoms with Gasteiger partial charge in [0, 0.05) is 25.7 Å². The Labute approximate surface area is 179 Å². The molecule has 3 rings (SSSR count). The lowest BCUT2D eigenvalue weighted by Gasteiger charge is -2.31. The summed E-state index contributed by atoms with van der Waals surface area (Å²) in [6.07, 6.45) is 3.76. The van der Waals surface area contributed by atoms with E-state index in [9.17, 15) is 13.2 Å². The molecule has 1 fully saturated rings. The molecule has 1 amide bonds. The number of nitrogens with one attached hydrogen (secondary N) is 1. The Morgan fingerprint density at radius 3 is 2.40 bits per heavy atom. The van der Waals surface area contributed by atoms with Gasteiger partial charge in [0.25, 0.3) is 0 Å². The zero-order chi connectivity index (χ0) is 21.7. The Morgan fingerprint density at radius 1 is 1.13 bits per heavy atom. The van der Waals surface area contributed by atoms with E-state index < -0.39 is 10.0 Å². The number of rotatable bonds is 7. The summed E-state index contributed by atoms with van der Waals surface area (Å²) in [6, 6.07) is 13.1. The highest BCUT2D eigenvalue weighted by Crippen LogP contribution is 2.29. The molecular formula is C23H30N2O4S. The van der Waals surface area contributed by atoms with E-state index in [1.54, 1.807) is 36.5 Å². The van der Waals surface area contributed by atoms with Crippen LogP contribution >= 0.6 is 0 Å². The minimum absolute atomic E-state index is 0.222. The number of methoxy groups -OCH3 is 1. The molecule has 0 radical (unpaired) electrons. The second-order valence-corrected chi connectivity index (χ2v) is 9.80. The SMILES string of the molecule is COc1ccc(CCC2CCN(S(=O)(=O)c3cc(NC(C)=O)ccc3C)CC2)cc1. The number of piperidine rings is 1. The summed E-state index contributed by atoms with van der Waals surface area (Å²) >= 11 is 0. The number of benzene rings is 2. The number of carbonyl (C=O) groups is 1. The molecule has 0 saturated carbocycles. The average molecular weight is 431 g/mol. The number of anilines is 1. The highest BCUT2D eigenvalue weighted by atomic mass is 32.2. The second kappa shape index (κ2) is 9.62. The Kier molecular flexibility index (Phi) is 7.15. The summed E-state index contributed by atoms with van der Waals surface area (Å²) in [5.41, 5.74) is 2.46. The van der Waals surface area contributed by atoms with Crippen molar-refractivity contribution in [1.29, 1.82) is 0 Å². The van der Waals surface area contributed by atoms with Crippen LogP contribution in [0.3, 0.4) is 0 Å². The van der Waals surface area contributed by atoms with Gasteiger partial charge in [-0.05, 0) is 73.9 Å². The van der Waals surface area contributed by atoms with Crippen LogP contribution in [-0.4, -0.2) is 38.8 Å². The molecule has 1 N–H and O–H groups in total. The van der Waals surface area contributed by atoms with E-state index in [0.717, 1.165) is 31.4 Å². The van der Waals surface area contributed by atoms with Crippen LogP contribution in [0.15, 0.2) is 47.4 Å². The van der Waals surface area contributed by atoms with E-state index in [2.05, 4.69) is 17.4 Å². The van der Waals surface area contributed by atoms with Gasteiger partial charge in [0.2, 0.25) is 15.9 Å². The normalized spacial score (nSPS) is 15.7. The van der Waals surface area contributed by atoms with Crippen LogP contribution in [-0.2, 0) is 21.2 Å². The van der Waals surface area contributed by atoms with Crippen molar-refractivity contribution in [3.63, 3.8) is 0 Å². The van der Waals surface area contributed by atoms with Crippen molar-refractivity contribution < 1.29 is 17.9 Å². The first-order chi connectivity index (χ1) is 14.3. The summed E-state index contributed by atoms with van der Waals surface area (Å²) in [5, 5.41) is 2.66. The maximum Gasteiger partial charge on any atom is 0.243 e. The Balaban J connectivity index is 1.60. The quantitative estimate of drug-likeness (QED) is 0.721. The summed E-state index contributed by atoms with van der Waals surface area (Å²) < 4.78 is 33.2. The molecule has 7 heteroatoms. The lowest BCUT2D eigenvalue weighted by atomic mass is 9.91. The maximum absolute atomic E-state index is 13.2. The highest BCUT2D eigenvalue weighted by molar-refractivity contribution is 7.89. The van der Waals surface area contributed by atoms with Gasteiger partial charge in [-0.25, -0.2) is 8.42 Å². The lowest BCUT2D eigenvalue weighted by molar-refractivity contribution is -0.114. The van der Waals surface area contributed by atoms with E-state index in [-0.39, 0.29) is 10.8 Å². The third-order valence-electron chi connectivity index (χ3n) is 5.70. The molecule has 2 aromatic carbocycles. The van der Waals surface area contributed by atoms with Crippen molar-refractivity contribution in [1.82, 2.24) is 4.31 Å². The molecule has 2 aromatic rings. The van der Waals surface area contributed by atoms with Gasteiger partial charge >= 0.3 is 0 Å². The first-order valence-corrected chi connectivity index (χ1v) is 11.7. The standard InChI is InChI=1S/C23H30N2O4S/c1-17-4-9-21(24-18(2)26)16-23(17)30(27,28)25-14-12-20(13-15-25)6-5-19-7-10-22(29-3)11-8-19/h4,7-11,16,20H,5-6,12-15H2,1-3H3,(H,24,26). The van der Waals surface area contributed by atoms with Gasteiger partial charge in [-0.3, -0.25) is 4.79 Å². The van der Waals surface area contributed by atoms with Crippen molar-refractivity contribution in [3.8, 4) is 5.75 Å². The van der Waals surface area contributed by atoms with Crippen LogP contribution in [0.4, 0.5) is 5.69 Å². The molecule has 1 saturated heterocycles. The van der Waals surface area contributed by atoms with Crippen molar-refractivity contribution in [2.45, 2.75) is 44.4 Å². The molecule has 0 aromatic heterocycles. The molecule has 1 aliphatic rings. The predicted octanol–water partition coefficient (Wildman–Crippen LogP) is 4.00. The lowest BCUT2D eigenvalue weighted by Crippen LogP contribution is -2.38. The smallest absolute Gasteiger partial charge is 0.243 e. The van der Waals surface area contributed by atoms with Gasteiger partial charge in [-0.2, -0.15) is 4.31 Å². The molecule has 0 bridgehead atoms. The Hall–Kier alpha value is -2.38. The number of nitrogens with zero attached hydrogens (tertiary/aromatic N) is 1. The van der Waals surface area contributed by atoms with Gasteiger partial charge in [-0.1, -0.05) is 18.2 Å². The molecule has 0 spiro atoms. The fraction of sp³-hybridized carbons (Fsp3) is 0.435. The van der Waals surface area contributed by atoms with Gasteiger partial charge in [0.15, 0.2) is 0 Å². The number of aryl methyl sites for hydroxylation is 2. The molecule has 1 heterocycles. The second-order valence-electron chi connectivity index (χ2n) is 7.90. The Morgan fingerprint density at radius 2 is 1.80 bits per heavy atom. The van der Waals surface area contributed by atoms with E-state index >= 15 is 0 Å².